The van der Waals surface area contributed by atoms with Crippen LogP contribution < -0.4 is 5.32 Å². The minimum atomic E-state index is 0.0332. The van der Waals surface area contributed by atoms with Gasteiger partial charge in [0.1, 0.15) is 5.75 Å². The van der Waals surface area contributed by atoms with E-state index in [1.807, 2.05) is 12.1 Å². The number of phenolic OH excluding ortho intramolecular Hbond substituents is 1. The molecule has 2 aromatic rings. The van der Waals surface area contributed by atoms with Gasteiger partial charge in [-0.3, -0.25) is 0 Å². The summed E-state index contributed by atoms with van der Waals surface area (Å²) < 4.78 is 5.56. The minimum absolute atomic E-state index is 0.0332. The van der Waals surface area contributed by atoms with Gasteiger partial charge in [0.25, 0.3) is 0 Å². The van der Waals surface area contributed by atoms with Crippen molar-refractivity contribution in [3.05, 3.63) is 41.5 Å². The van der Waals surface area contributed by atoms with Crippen LogP contribution in [0, 0.1) is 0 Å². The van der Waals surface area contributed by atoms with Gasteiger partial charge in [-0.15, -0.1) is 0 Å². The number of aromatic hydroxyl groups is 1. The molecular weight excluding hydrogens is 266 g/mol. The van der Waals surface area contributed by atoms with Gasteiger partial charge < -0.3 is 14.9 Å². The van der Waals surface area contributed by atoms with E-state index in [0.29, 0.717) is 12.2 Å². The smallest absolute Gasteiger partial charge is 0.232 e. The lowest BCUT2D eigenvalue weighted by atomic mass is 9.76. The molecule has 3 rings (SSSR count). The number of aromatic nitrogens is 2. The molecule has 0 aliphatic carbocycles. The normalized spacial score (nSPS) is 17.8. The van der Waals surface area contributed by atoms with E-state index in [1.165, 1.54) is 0 Å². The molecule has 0 unspecified atom stereocenters. The summed E-state index contributed by atoms with van der Waals surface area (Å²) in [5, 5.41) is 16.8. The second kappa shape index (κ2) is 5.85. The third kappa shape index (κ3) is 2.93. The first-order valence-corrected chi connectivity index (χ1v) is 7.53. The number of hydrogen-bond donors (Lipinski definition) is 2. The van der Waals surface area contributed by atoms with Crippen LogP contribution >= 0.6 is 0 Å². The Kier molecular flexibility index (Phi) is 3.92. The van der Waals surface area contributed by atoms with Crippen LogP contribution in [0.5, 0.6) is 5.75 Å². The van der Waals surface area contributed by atoms with E-state index in [-0.39, 0.29) is 11.2 Å². The second-order valence-electron chi connectivity index (χ2n) is 5.74. The molecular formula is C16H21N3O2. The fourth-order valence-corrected chi connectivity index (χ4v) is 2.96. The van der Waals surface area contributed by atoms with Gasteiger partial charge in [0.05, 0.1) is 5.41 Å². The lowest BCUT2D eigenvalue weighted by Crippen LogP contribution is -2.39. The first kappa shape index (κ1) is 14.1. The molecule has 1 fully saturated rings. The Labute approximate surface area is 124 Å². The third-order valence-electron chi connectivity index (χ3n) is 4.46. The van der Waals surface area contributed by atoms with Crippen LogP contribution in [0.1, 0.15) is 43.5 Å². The Morgan fingerprint density at radius 1 is 1.24 bits per heavy atom. The van der Waals surface area contributed by atoms with Crippen LogP contribution in [-0.4, -0.2) is 28.3 Å². The summed E-state index contributed by atoms with van der Waals surface area (Å²) in [6.45, 7) is 4.20. The van der Waals surface area contributed by atoms with Gasteiger partial charge in [-0.1, -0.05) is 24.2 Å². The van der Waals surface area contributed by atoms with E-state index < -0.39 is 0 Å². The molecule has 0 bridgehead atoms. The van der Waals surface area contributed by atoms with Gasteiger partial charge in [-0.25, -0.2) is 0 Å². The molecule has 0 saturated carbocycles. The van der Waals surface area contributed by atoms with Crippen molar-refractivity contribution in [1.29, 1.82) is 0 Å². The SMILES string of the molecule is CCC1(c2nc(Cc3ccc(O)cc3)no2)CCNCC1. The molecule has 0 atom stereocenters. The van der Waals surface area contributed by atoms with Crippen LogP contribution in [-0.2, 0) is 11.8 Å². The molecule has 0 amide bonds. The van der Waals surface area contributed by atoms with Gasteiger partial charge in [-0.2, -0.15) is 4.98 Å². The molecule has 1 saturated heterocycles. The highest BCUT2D eigenvalue weighted by Gasteiger charge is 2.37. The Morgan fingerprint density at radius 2 is 1.95 bits per heavy atom. The third-order valence-corrected chi connectivity index (χ3v) is 4.46. The Morgan fingerprint density at radius 3 is 2.62 bits per heavy atom. The average molecular weight is 287 g/mol. The van der Waals surface area contributed by atoms with Crippen LogP contribution in [0.25, 0.3) is 0 Å². The molecule has 112 valence electrons. The molecule has 5 nitrogen and oxygen atoms in total. The van der Waals surface area contributed by atoms with E-state index >= 15 is 0 Å². The number of benzene rings is 1. The zero-order valence-electron chi connectivity index (χ0n) is 12.3. The minimum Gasteiger partial charge on any atom is -0.508 e. The molecule has 21 heavy (non-hydrogen) atoms. The summed E-state index contributed by atoms with van der Waals surface area (Å²) in [4.78, 5) is 4.63. The standard InChI is InChI=1S/C16H21N3O2/c1-2-16(7-9-17-10-8-16)15-18-14(19-21-15)11-12-3-5-13(20)6-4-12/h3-6,17,20H,2,7-11H2,1H3. The molecule has 2 heterocycles. The zero-order chi connectivity index (χ0) is 14.7. The van der Waals surface area contributed by atoms with Crippen molar-refractivity contribution in [1.82, 2.24) is 15.5 Å². The molecule has 5 heteroatoms. The Balaban J connectivity index is 1.77. The van der Waals surface area contributed by atoms with Gasteiger partial charge >= 0.3 is 0 Å². The first-order valence-electron chi connectivity index (χ1n) is 7.53. The number of hydrogen-bond acceptors (Lipinski definition) is 5. The topological polar surface area (TPSA) is 71.2 Å². The summed E-state index contributed by atoms with van der Waals surface area (Å²) >= 11 is 0. The second-order valence-corrected chi connectivity index (χ2v) is 5.74. The van der Waals surface area contributed by atoms with Gasteiger partial charge in [0.15, 0.2) is 5.82 Å². The van der Waals surface area contributed by atoms with Gasteiger partial charge in [-0.05, 0) is 50.0 Å². The maximum absolute atomic E-state index is 9.31. The van der Waals surface area contributed by atoms with Crippen molar-refractivity contribution in [2.45, 2.75) is 38.0 Å². The number of nitrogens with zero attached hydrogens (tertiary/aromatic N) is 2. The maximum Gasteiger partial charge on any atom is 0.232 e. The predicted octanol–water partition coefficient (Wildman–Crippen LogP) is 2.40. The molecule has 1 aromatic heterocycles. The Hall–Kier alpha value is -1.88. The van der Waals surface area contributed by atoms with Crippen molar-refractivity contribution in [2.24, 2.45) is 0 Å². The van der Waals surface area contributed by atoms with E-state index in [9.17, 15) is 5.11 Å². The van der Waals surface area contributed by atoms with E-state index in [4.69, 9.17) is 4.52 Å². The highest BCUT2D eigenvalue weighted by atomic mass is 16.5. The fraction of sp³-hybridized carbons (Fsp3) is 0.500. The highest BCUT2D eigenvalue weighted by molar-refractivity contribution is 5.27. The van der Waals surface area contributed by atoms with Gasteiger partial charge in [0.2, 0.25) is 5.89 Å². The van der Waals surface area contributed by atoms with Crippen molar-refractivity contribution >= 4 is 0 Å². The number of rotatable bonds is 4. The first-order chi connectivity index (χ1) is 10.2. The van der Waals surface area contributed by atoms with E-state index in [0.717, 1.165) is 43.8 Å². The summed E-state index contributed by atoms with van der Waals surface area (Å²) in [7, 11) is 0. The monoisotopic (exact) mass is 287 g/mol. The van der Waals surface area contributed by atoms with Crippen LogP contribution in [0.4, 0.5) is 0 Å². The molecule has 1 aliphatic heterocycles. The summed E-state index contributed by atoms with van der Waals surface area (Å²) in [5.41, 5.74) is 1.10. The highest BCUT2D eigenvalue weighted by Crippen LogP contribution is 2.35. The average Bonchev–Trinajstić information content (AvgIpc) is 2.99. The molecule has 1 aliphatic rings. The van der Waals surface area contributed by atoms with Crippen molar-refractivity contribution in [3.63, 3.8) is 0 Å². The van der Waals surface area contributed by atoms with Crippen molar-refractivity contribution < 1.29 is 9.63 Å². The van der Waals surface area contributed by atoms with Crippen molar-refractivity contribution in [2.75, 3.05) is 13.1 Å². The van der Waals surface area contributed by atoms with Crippen LogP contribution in [0.2, 0.25) is 0 Å². The Bertz CT molecular complexity index is 586. The van der Waals surface area contributed by atoms with E-state index in [1.54, 1.807) is 12.1 Å². The summed E-state index contributed by atoms with van der Waals surface area (Å²) in [6.07, 6.45) is 3.74. The fourth-order valence-electron chi connectivity index (χ4n) is 2.96. The maximum atomic E-state index is 9.31. The number of phenols is 1. The quantitative estimate of drug-likeness (QED) is 0.903. The molecule has 0 radical (unpaired) electrons. The summed E-state index contributed by atoms with van der Waals surface area (Å²) in [5.74, 6) is 1.76. The largest absolute Gasteiger partial charge is 0.508 e. The van der Waals surface area contributed by atoms with Crippen molar-refractivity contribution in [3.8, 4) is 5.75 Å². The van der Waals surface area contributed by atoms with Crippen LogP contribution in [0.3, 0.4) is 0 Å². The van der Waals surface area contributed by atoms with E-state index in [2.05, 4.69) is 22.4 Å². The zero-order valence-corrected chi connectivity index (χ0v) is 12.3. The molecule has 2 N–H and O–H groups in total. The molecule has 0 spiro atoms. The number of piperidine rings is 1. The van der Waals surface area contributed by atoms with Crippen LogP contribution in [0.15, 0.2) is 28.8 Å². The van der Waals surface area contributed by atoms with Gasteiger partial charge in [0, 0.05) is 6.42 Å². The number of nitrogens with one attached hydrogen (secondary N) is 1. The lowest BCUT2D eigenvalue weighted by Gasteiger charge is -2.33. The summed E-state index contributed by atoms with van der Waals surface area (Å²) in [6, 6.07) is 7.12. The lowest BCUT2D eigenvalue weighted by molar-refractivity contribution is 0.216. The predicted molar refractivity (Wildman–Crippen MR) is 79.3 cm³/mol. The molecule has 1 aromatic carbocycles.